The van der Waals surface area contributed by atoms with Crippen molar-refractivity contribution in [3.05, 3.63) is 65.5 Å². The Kier molecular flexibility index (Phi) is 4.61. The maximum absolute atomic E-state index is 13.2. The predicted molar refractivity (Wildman–Crippen MR) is 97.6 cm³/mol. The average Bonchev–Trinajstić information content (AvgIpc) is 3.17. The second-order valence-corrected chi connectivity index (χ2v) is 6.67. The highest BCUT2D eigenvalue weighted by Crippen LogP contribution is 2.25. The molecule has 0 spiro atoms. The summed E-state index contributed by atoms with van der Waals surface area (Å²) >= 11 is 0. The van der Waals surface area contributed by atoms with Crippen LogP contribution in [0.25, 0.3) is 16.6 Å². The Morgan fingerprint density at radius 2 is 2.00 bits per heavy atom. The summed E-state index contributed by atoms with van der Waals surface area (Å²) in [6, 6.07) is 10.6. The molecule has 0 radical (unpaired) electrons. The molecule has 4 aromatic rings. The number of nitrogens with zero attached hydrogens (tertiary/aromatic N) is 6. The van der Waals surface area contributed by atoms with Crippen molar-refractivity contribution in [3.63, 3.8) is 0 Å². The Balaban J connectivity index is 1.79. The molecular formula is C19H15F3N6O. The monoisotopic (exact) mass is 400 g/mol. The number of amides is 1. The van der Waals surface area contributed by atoms with Gasteiger partial charge in [-0.1, -0.05) is 17.7 Å². The standard InChI is InChI=1S/C19H15F3N6O/c1-12-4-5-16-14(7-12)8-15(17-24-25-26-28(16)17)11-27(18(29)19(20,21)22)10-13-3-2-6-23-9-13/h2-9H,10-11H2,1H3. The zero-order valence-electron chi connectivity index (χ0n) is 15.3. The van der Waals surface area contributed by atoms with Gasteiger partial charge in [0, 0.05) is 29.9 Å². The third-order valence-electron chi connectivity index (χ3n) is 4.48. The summed E-state index contributed by atoms with van der Waals surface area (Å²) < 4.78 is 41.1. The first kappa shape index (κ1) is 18.8. The predicted octanol–water partition coefficient (Wildman–Crippen LogP) is 3.07. The van der Waals surface area contributed by atoms with Gasteiger partial charge < -0.3 is 4.90 Å². The molecule has 3 heterocycles. The molecule has 148 valence electrons. The number of benzene rings is 1. The second kappa shape index (κ2) is 7.12. The Morgan fingerprint density at radius 1 is 1.17 bits per heavy atom. The molecule has 7 nitrogen and oxygen atoms in total. The highest BCUT2D eigenvalue weighted by Gasteiger charge is 2.42. The zero-order valence-corrected chi connectivity index (χ0v) is 15.3. The van der Waals surface area contributed by atoms with Crippen molar-refractivity contribution in [2.24, 2.45) is 0 Å². The van der Waals surface area contributed by atoms with E-state index in [0.29, 0.717) is 16.8 Å². The molecule has 1 amide bonds. The number of halogens is 3. The molecule has 4 rings (SSSR count). The minimum Gasteiger partial charge on any atom is -0.326 e. The van der Waals surface area contributed by atoms with E-state index in [-0.39, 0.29) is 13.1 Å². The van der Waals surface area contributed by atoms with Gasteiger partial charge in [-0.2, -0.15) is 17.7 Å². The molecule has 0 saturated carbocycles. The number of pyridine rings is 2. The van der Waals surface area contributed by atoms with Crippen LogP contribution >= 0.6 is 0 Å². The van der Waals surface area contributed by atoms with Gasteiger partial charge >= 0.3 is 12.1 Å². The third kappa shape index (κ3) is 3.73. The molecule has 0 aliphatic carbocycles. The highest BCUT2D eigenvalue weighted by atomic mass is 19.4. The number of hydrogen-bond donors (Lipinski definition) is 0. The summed E-state index contributed by atoms with van der Waals surface area (Å²) in [5.41, 5.74) is 2.90. The molecule has 0 N–H and O–H groups in total. The fourth-order valence-electron chi connectivity index (χ4n) is 3.20. The van der Waals surface area contributed by atoms with Crippen molar-refractivity contribution < 1.29 is 18.0 Å². The maximum atomic E-state index is 13.2. The number of aromatic nitrogens is 5. The van der Waals surface area contributed by atoms with Crippen molar-refractivity contribution in [2.45, 2.75) is 26.2 Å². The normalized spacial score (nSPS) is 11.9. The first-order valence-electron chi connectivity index (χ1n) is 8.68. The fourth-order valence-corrected chi connectivity index (χ4v) is 3.20. The highest BCUT2D eigenvalue weighted by molar-refractivity contribution is 5.85. The first-order chi connectivity index (χ1) is 13.8. The van der Waals surface area contributed by atoms with Crippen LogP contribution in [0, 0.1) is 6.92 Å². The van der Waals surface area contributed by atoms with Gasteiger partial charge in [-0.15, -0.1) is 5.10 Å². The molecule has 0 fully saturated rings. The number of carbonyl (C=O) groups is 1. The molecule has 1 aromatic carbocycles. The van der Waals surface area contributed by atoms with Crippen LogP contribution in [-0.2, 0) is 17.9 Å². The summed E-state index contributed by atoms with van der Waals surface area (Å²) in [5.74, 6) is -1.93. The molecule has 3 aromatic heterocycles. The van der Waals surface area contributed by atoms with Gasteiger partial charge in [0.25, 0.3) is 0 Å². The lowest BCUT2D eigenvalue weighted by molar-refractivity contribution is -0.186. The summed E-state index contributed by atoms with van der Waals surface area (Å²) in [7, 11) is 0. The Bertz CT molecular complexity index is 1190. The van der Waals surface area contributed by atoms with E-state index in [2.05, 4.69) is 20.5 Å². The summed E-state index contributed by atoms with van der Waals surface area (Å²) in [5, 5.41) is 12.3. The average molecular weight is 400 g/mol. The Morgan fingerprint density at radius 3 is 2.72 bits per heavy atom. The van der Waals surface area contributed by atoms with Crippen molar-refractivity contribution >= 4 is 22.5 Å². The van der Waals surface area contributed by atoms with E-state index in [1.807, 2.05) is 25.1 Å². The smallest absolute Gasteiger partial charge is 0.326 e. The summed E-state index contributed by atoms with van der Waals surface area (Å²) in [4.78, 5) is 16.7. The number of hydrogen-bond acceptors (Lipinski definition) is 5. The van der Waals surface area contributed by atoms with Gasteiger partial charge in [0.2, 0.25) is 0 Å². The van der Waals surface area contributed by atoms with Gasteiger partial charge in [0.1, 0.15) is 0 Å². The van der Waals surface area contributed by atoms with Gasteiger partial charge in [-0.05, 0) is 47.2 Å². The van der Waals surface area contributed by atoms with Crippen molar-refractivity contribution in [1.82, 2.24) is 29.9 Å². The lowest BCUT2D eigenvalue weighted by atomic mass is 10.1. The molecule has 0 unspecified atom stereocenters. The van der Waals surface area contributed by atoms with Crippen LogP contribution in [0.3, 0.4) is 0 Å². The number of aryl methyl sites for hydroxylation is 1. The Labute approximate surface area is 162 Å². The number of rotatable bonds is 4. The Hall–Kier alpha value is -3.56. The molecule has 0 aliphatic rings. The van der Waals surface area contributed by atoms with E-state index in [0.717, 1.165) is 21.4 Å². The van der Waals surface area contributed by atoms with E-state index >= 15 is 0 Å². The number of fused-ring (bicyclic) bond motifs is 3. The van der Waals surface area contributed by atoms with Crippen LogP contribution < -0.4 is 0 Å². The van der Waals surface area contributed by atoms with Gasteiger partial charge in [-0.25, -0.2) is 0 Å². The minimum atomic E-state index is -5.00. The summed E-state index contributed by atoms with van der Waals surface area (Å²) in [6.07, 6.45) is -2.07. The number of tetrazole rings is 1. The van der Waals surface area contributed by atoms with Crippen molar-refractivity contribution in [3.8, 4) is 0 Å². The van der Waals surface area contributed by atoms with Crippen LogP contribution in [-0.4, -0.2) is 42.0 Å². The van der Waals surface area contributed by atoms with Crippen LogP contribution in [0.2, 0.25) is 0 Å². The van der Waals surface area contributed by atoms with E-state index in [1.165, 1.54) is 16.9 Å². The second-order valence-electron chi connectivity index (χ2n) is 6.67. The van der Waals surface area contributed by atoms with Gasteiger partial charge in [-0.3, -0.25) is 9.78 Å². The van der Waals surface area contributed by atoms with E-state index in [4.69, 9.17) is 0 Å². The quantitative estimate of drug-likeness (QED) is 0.526. The van der Waals surface area contributed by atoms with Crippen LogP contribution in [0.4, 0.5) is 13.2 Å². The molecule has 0 atom stereocenters. The molecular weight excluding hydrogens is 385 g/mol. The molecule has 0 bridgehead atoms. The molecule has 10 heteroatoms. The number of alkyl halides is 3. The first-order valence-corrected chi connectivity index (χ1v) is 8.68. The lowest BCUT2D eigenvalue weighted by Gasteiger charge is -2.24. The molecule has 29 heavy (non-hydrogen) atoms. The molecule has 0 saturated heterocycles. The maximum Gasteiger partial charge on any atom is 0.471 e. The largest absolute Gasteiger partial charge is 0.471 e. The van der Waals surface area contributed by atoms with Gasteiger partial charge in [0.05, 0.1) is 12.1 Å². The van der Waals surface area contributed by atoms with E-state index in [9.17, 15) is 18.0 Å². The SMILES string of the molecule is Cc1ccc2c(c1)cc(CN(Cc1cccnc1)C(=O)C(F)(F)F)c1nnnn12. The fraction of sp³-hybridized carbons (Fsp3) is 0.211. The van der Waals surface area contributed by atoms with Crippen molar-refractivity contribution in [2.75, 3.05) is 0 Å². The van der Waals surface area contributed by atoms with E-state index in [1.54, 1.807) is 18.2 Å². The molecule has 0 aliphatic heterocycles. The number of carbonyl (C=O) groups excluding carboxylic acids is 1. The van der Waals surface area contributed by atoms with Crippen LogP contribution in [0.1, 0.15) is 16.7 Å². The van der Waals surface area contributed by atoms with Crippen molar-refractivity contribution in [1.29, 1.82) is 0 Å². The van der Waals surface area contributed by atoms with Gasteiger partial charge in [0.15, 0.2) is 5.65 Å². The lowest BCUT2D eigenvalue weighted by Crippen LogP contribution is -2.40. The topological polar surface area (TPSA) is 76.3 Å². The third-order valence-corrected chi connectivity index (χ3v) is 4.48. The zero-order chi connectivity index (χ0) is 20.6. The van der Waals surface area contributed by atoms with E-state index < -0.39 is 12.1 Å². The summed E-state index contributed by atoms with van der Waals surface area (Å²) in [6.45, 7) is 1.36. The minimum absolute atomic E-state index is 0.244. The van der Waals surface area contributed by atoms with Crippen LogP contribution in [0.5, 0.6) is 0 Å². The van der Waals surface area contributed by atoms with Crippen LogP contribution in [0.15, 0.2) is 48.8 Å².